The van der Waals surface area contributed by atoms with Crippen molar-refractivity contribution in [2.24, 2.45) is 0 Å². The Labute approximate surface area is 165 Å². The maximum Gasteiger partial charge on any atom is 0.226 e. The molecule has 0 saturated heterocycles. The average Bonchev–Trinajstić information content (AvgIpc) is 3.49. The molecule has 142 valence electrons. The van der Waals surface area contributed by atoms with Gasteiger partial charge in [-0.1, -0.05) is 17.3 Å². The number of pyridine rings is 1. The van der Waals surface area contributed by atoms with E-state index in [9.17, 15) is 4.79 Å². The van der Waals surface area contributed by atoms with E-state index in [-0.39, 0.29) is 5.91 Å². The number of carbonyl (C=O) groups excluding carboxylic acids is 1. The van der Waals surface area contributed by atoms with E-state index in [4.69, 9.17) is 4.52 Å². The Hall–Kier alpha value is -3.33. The zero-order valence-corrected chi connectivity index (χ0v) is 15.8. The fourth-order valence-corrected chi connectivity index (χ4v) is 3.26. The molecule has 0 aromatic carbocycles. The molecular weight excluding hydrogens is 376 g/mol. The molecule has 1 amide bonds. The van der Waals surface area contributed by atoms with Gasteiger partial charge in [-0.05, 0) is 35.6 Å². The van der Waals surface area contributed by atoms with Crippen LogP contribution in [0.25, 0.3) is 16.5 Å². The van der Waals surface area contributed by atoms with Crippen LogP contribution >= 0.6 is 11.3 Å². The number of hydrogen-bond donors (Lipinski definition) is 1. The molecule has 0 aliphatic rings. The Kier molecular flexibility index (Phi) is 5.53. The molecule has 1 N–H and O–H groups in total. The third-order valence-electron chi connectivity index (χ3n) is 4.04. The van der Waals surface area contributed by atoms with E-state index in [2.05, 4.69) is 25.5 Å². The second kappa shape index (κ2) is 8.57. The summed E-state index contributed by atoms with van der Waals surface area (Å²) in [7, 11) is 0. The molecule has 0 spiro atoms. The van der Waals surface area contributed by atoms with Crippen LogP contribution in [-0.2, 0) is 17.8 Å². The SMILES string of the molecule is O=C(CCCc1nc(-c2cccs2)no1)NCc1ccc(-n2cccn2)nc1. The summed E-state index contributed by atoms with van der Waals surface area (Å²) in [6.45, 7) is 0.439. The van der Waals surface area contributed by atoms with Crippen LogP contribution in [0.5, 0.6) is 0 Å². The summed E-state index contributed by atoms with van der Waals surface area (Å²) in [6, 6.07) is 9.53. The second-order valence-electron chi connectivity index (χ2n) is 6.09. The maximum atomic E-state index is 12.0. The molecule has 28 heavy (non-hydrogen) atoms. The van der Waals surface area contributed by atoms with Crippen molar-refractivity contribution in [3.8, 4) is 16.5 Å². The van der Waals surface area contributed by atoms with Gasteiger partial charge in [-0.25, -0.2) is 9.67 Å². The highest BCUT2D eigenvalue weighted by Crippen LogP contribution is 2.21. The van der Waals surface area contributed by atoms with Crippen LogP contribution in [0, 0.1) is 0 Å². The average molecular weight is 394 g/mol. The van der Waals surface area contributed by atoms with Gasteiger partial charge in [-0.3, -0.25) is 4.79 Å². The molecule has 0 aliphatic heterocycles. The Bertz CT molecular complexity index is 1010. The van der Waals surface area contributed by atoms with Crippen LogP contribution in [0.1, 0.15) is 24.3 Å². The molecule has 4 rings (SSSR count). The predicted octanol–water partition coefficient (Wildman–Crippen LogP) is 3.02. The van der Waals surface area contributed by atoms with Gasteiger partial charge in [-0.15, -0.1) is 11.3 Å². The highest BCUT2D eigenvalue weighted by molar-refractivity contribution is 7.13. The molecular formula is C19H18N6O2S. The lowest BCUT2D eigenvalue weighted by Gasteiger charge is -2.06. The standard InChI is InChI=1S/C19H18N6O2S/c26-17(5-1-6-18-23-19(24-27-18)15-4-2-11-28-15)21-13-14-7-8-16(20-12-14)25-10-3-9-22-25/h2-4,7-12H,1,5-6,13H2,(H,21,26). The highest BCUT2D eigenvalue weighted by Gasteiger charge is 2.10. The number of aryl methyl sites for hydroxylation is 1. The van der Waals surface area contributed by atoms with Crippen LogP contribution < -0.4 is 5.32 Å². The van der Waals surface area contributed by atoms with Gasteiger partial charge >= 0.3 is 0 Å². The van der Waals surface area contributed by atoms with Crippen molar-refractivity contribution in [1.82, 2.24) is 30.2 Å². The monoisotopic (exact) mass is 394 g/mol. The van der Waals surface area contributed by atoms with E-state index in [0.717, 1.165) is 16.3 Å². The molecule has 0 fully saturated rings. The van der Waals surface area contributed by atoms with Gasteiger partial charge in [0.1, 0.15) is 0 Å². The van der Waals surface area contributed by atoms with Gasteiger partial charge in [0.15, 0.2) is 5.82 Å². The number of carbonyl (C=O) groups is 1. The molecule has 4 heterocycles. The number of thiophene rings is 1. The van der Waals surface area contributed by atoms with E-state index in [1.807, 2.05) is 41.9 Å². The van der Waals surface area contributed by atoms with Gasteiger partial charge in [0.25, 0.3) is 0 Å². The van der Waals surface area contributed by atoms with Crippen molar-refractivity contribution in [3.63, 3.8) is 0 Å². The summed E-state index contributed by atoms with van der Waals surface area (Å²) in [5.41, 5.74) is 0.932. The summed E-state index contributed by atoms with van der Waals surface area (Å²) in [5.74, 6) is 1.87. The lowest BCUT2D eigenvalue weighted by atomic mass is 10.2. The van der Waals surface area contributed by atoms with E-state index < -0.39 is 0 Å². The van der Waals surface area contributed by atoms with E-state index in [1.165, 1.54) is 0 Å². The minimum Gasteiger partial charge on any atom is -0.352 e. The number of amides is 1. The molecule has 9 heteroatoms. The first-order chi connectivity index (χ1) is 13.8. The lowest BCUT2D eigenvalue weighted by molar-refractivity contribution is -0.121. The van der Waals surface area contributed by atoms with Crippen molar-refractivity contribution in [2.75, 3.05) is 0 Å². The molecule has 8 nitrogen and oxygen atoms in total. The summed E-state index contributed by atoms with van der Waals surface area (Å²) in [4.78, 5) is 21.7. The van der Waals surface area contributed by atoms with E-state index in [1.54, 1.807) is 28.4 Å². The fourth-order valence-electron chi connectivity index (χ4n) is 2.61. The van der Waals surface area contributed by atoms with Crippen LogP contribution in [0.4, 0.5) is 0 Å². The third kappa shape index (κ3) is 4.49. The van der Waals surface area contributed by atoms with E-state index >= 15 is 0 Å². The largest absolute Gasteiger partial charge is 0.352 e. The van der Waals surface area contributed by atoms with Crippen molar-refractivity contribution in [3.05, 3.63) is 65.8 Å². The molecule has 0 aliphatic carbocycles. The smallest absolute Gasteiger partial charge is 0.226 e. The van der Waals surface area contributed by atoms with Crippen molar-refractivity contribution in [1.29, 1.82) is 0 Å². The summed E-state index contributed by atoms with van der Waals surface area (Å²) < 4.78 is 6.92. The Morgan fingerprint density at radius 3 is 2.96 bits per heavy atom. The van der Waals surface area contributed by atoms with Crippen LogP contribution in [-0.4, -0.2) is 30.8 Å². The van der Waals surface area contributed by atoms with Gasteiger partial charge in [-0.2, -0.15) is 10.1 Å². The van der Waals surface area contributed by atoms with Crippen LogP contribution in [0.2, 0.25) is 0 Å². The molecule has 0 unspecified atom stereocenters. The maximum absolute atomic E-state index is 12.0. The quantitative estimate of drug-likeness (QED) is 0.493. The molecule has 4 aromatic rings. The predicted molar refractivity (Wildman–Crippen MR) is 104 cm³/mol. The van der Waals surface area contributed by atoms with Crippen molar-refractivity contribution < 1.29 is 9.32 Å². The number of nitrogens with one attached hydrogen (secondary N) is 1. The van der Waals surface area contributed by atoms with Gasteiger partial charge < -0.3 is 9.84 Å². The Morgan fingerprint density at radius 1 is 1.25 bits per heavy atom. The second-order valence-corrected chi connectivity index (χ2v) is 7.04. The molecule has 4 aromatic heterocycles. The molecule has 0 saturated carbocycles. The topological polar surface area (TPSA) is 98.7 Å². The number of nitrogens with zero attached hydrogens (tertiary/aromatic N) is 5. The Balaban J connectivity index is 1.20. The summed E-state index contributed by atoms with van der Waals surface area (Å²) >= 11 is 1.56. The first kappa shape index (κ1) is 18.1. The number of hydrogen-bond acceptors (Lipinski definition) is 7. The Morgan fingerprint density at radius 2 is 2.21 bits per heavy atom. The first-order valence-corrected chi connectivity index (χ1v) is 9.74. The molecule has 0 radical (unpaired) electrons. The zero-order chi connectivity index (χ0) is 19.2. The summed E-state index contributed by atoms with van der Waals surface area (Å²) in [5, 5.41) is 13.0. The van der Waals surface area contributed by atoms with Gasteiger partial charge in [0.05, 0.1) is 4.88 Å². The minimum absolute atomic E-state index is 0.0193. The minimum atomic E-state index is -0.0193. The molecule has 0 atom stereocenters. The third-order valence-corrected chi connectivity index (χ3v) is 4.91. The van der Waals surface area contributed by atoms with Crippen molar-refractivity contribution >= 4 is 17.2 Å². The van der Waals surface area contributed by atoms with Crippen LogP contribution in [0.15, 0.2) is 58.8 Å². The number of aromatic nitrogens is 5. The normalized spacial score (nSPS) is 10.9. The zero-order valence-electron chi connectivity index (χ0n) is 15.0. The van der Waals surface area contributed by atoms with Gasteiger partial charge in [0, 0.05) is 38.0 Å². The fraction of sp³-hybridized carbons (Fsp3) is 0.211. The number of rotatable bonds is 8. The highest BCUT2D eigenvalue weighted by atomic mass is 32.1. The molecule has 0 bridgehead atoms. The first-order valence-electron chi connectivity index (χ1n) is 8.86. The lowest BCUT2D eigenvalue weighted by Crippen LogP contribution is -2.22. The summed E-state index contributed by atoms with van der Waals surface area (Å²) in [6.07, 6.45) is 6.89. The van der Waals surface area contributed by atoms with Gasteiger partial charge in [0.2, 0.25) is 17.6 Å². The van der Waals surface area contributed by atoms with E-state index in [0.29, 0.717) is 37.5 Å². The van der Waals surface area contributed by atoms with Crippen LogP contribution in [0.3, 0.4) is 0 Å². The van der Waals surface area contributed by atoms with Crippen molar-refractivity contribution in [2.45, 2.75) is 25.8 Å².